The minimum atomic E-state index is -0.448. The predicted octanol–water partition coefficient (Wildman–Crippen LogP) is 2.31. The van der Waals surface area contributed by atoms with Crippen LogP contribution in [-0.4, -0.2) is 36.2 Å². The maximum atomic E-state index is 13.9. The Morgan fingerprint density at radius 1 is 1.38 bits per heavy atom. The van der Waals surface area contributed by atoms with Crippen molar-refractivity contribution in [1.82, 2.24) is 10.2 Å². The molecule has 0 spiro atoms. The summed E-state index contributed by atoms with van der Waals surface area (Å²) in [6.07, 6.45) is 4.02. The molecule has 3 N–H and O–H groups in total. The van der Waals surface area contributed by atoms with E-state index in [1.54, 1.807) is 25.1 Å². The number of hydrogen-bond donors (Lipinski definition) is 2. The number of halogens is 1. The topological polar surface area (TPSA) is 75.4 Å². The van der Waals surface area contributed by atoms with Crippen molar-refractivity contribution >= 4 is 11.7 Å². The zero-order chi connectivity index (χ0) is 19.1. The highest BCUT2D eigenvalue weighted by Gasteiger charge is 2.30. The summed E-state index contributed by atoms with van der Waals surface area (Å²) in [5.41, 5.74) is 6.10. The van der Waals surface area contributed by atoms with Crippen LogP contribution in [0.4, 0.5) is 4.39 Å². The second kappa shape index (κ2) is 9.29. The molecule has 1 fully saturated rings. The Balaban J connectivity index is 1.86. The lowest BCUT2D eigenvalue weighted by Crippen LogP contribution is -2.39. The number of amides is 1. The second-order valence-corrected chi connectivity index (χ2v) is 6.63. The van der Waals surface area contributed by atoms with Gasteiger partial charge in [0.05, 0.1) is 0 Å². The van der Waals surface area contributed by atoms with Gasteiger partial charge in [-0.1, -0.05) is 31.7 Å². The molecule has 1 aliphatic rings. The van der Waals surface area contributed by atoms with Crippen molar-refractivity contribution in [2.24, 2.45) is 11.7 Å². The molecule has 5 nitrogen and oxygen atoms in total. The van der Waals surface area contributed by atoms with E-state index in [9.17, 15) is 14.0 Å². The molecule has 1 heterocycles. The number of rotatable bonds is 7. The SMILES string of the molecule is C=C(CN1CCC(C(=O)C(C)c2ccccc2F)CC1)C(=O)N/C=C\N. The minimum absolute atomic E-state index is 0.0804. The molecular weight excluding hydrogens is 333 g/mol. The standard InChI is InChI=1S/C20H26FN3O2/c1-14(20(26)23-10-9-22)13-24-11-7-16(8-12-24)19(25)15(2)17-5-3-4-6-18(17)21/h3-6,9-10,15-16H,1,7-8,11-13,22H2,2H3,(H,23,26)/b10-9-. The summed E-state index contributed by atoms with van der Waals surface area (Å²) < 4.78 is 13.9. The van der Waals surface area contributed by atoms with Crippen LogP contribution in [-0.2, 0) is 9.59 Å². The van der Waals surface area contributed by atoms with Crippen molar-refractivity contribution in [2.45, 2.75) is 25.7 Å². The van der Waals surface area contributed by atoms with Gasteiger partial charge in [-0.3, -0.25) is 14.5 Å². The number of carbonyl (C=O) groups is 2. The quantitative estimate of drug-likeness (QED) is 0.733. The largest absolute Gasteiger partial charge is 0.403 e. The Labute approximate surface area is 153 Å². The van der Waals surface area contributed by atoms with Crippen LogP contribution in [0.5, 0.6) is 0 Å². The molecule has 1 saturated heterocycles. The van der Waals surface area contributed by atoms with E-state index in [4.69, 9.17) is 5.73 Å². The van der Waals surface area contributed by atoms with E-state index >= 15 is 0 Å². The van der Waals surface area contributed by atoms with Gasteiger partial charge in [-0.05, 0) is 37.6 Å². The molecule has 2 rings (SSSR count). The molecule has 1 unspecified atom stereocenters. The molecule has 1 atom stereocenters. The van der Waals surface area contributed by atoms with Crippen LogP contribution in [0.25, 0.3) is 0 Å². The van der Waals surface area contributed by atoms with Crippen LogP contribution < -0.4 is 11.1 Å². The van der Waals surface area contributed by atoms with E-state index in [2.05, 4.69) is 16.8 Å². The Morgan fingerprint density at radius 2 is 2.04 bits per heavy atom. The summed E-state index contributed by atoms with van der Waals surface area (Å²) >= 11 is 0. The molecule has 0 saturated carbocycles. The van der Waals surface area contributed by atoms with Gasteiger partial charge in [-0.25, -0.2) is 4.39 Å². The molecular formula is C20H26FN3O2. The van der Waals surface area contributed by atoms with Crippen LogP contribution in [0.1, 0.15) is 31.2 Å². The molecule has 140 valence electrons. The Morgan fingerprint density at radius 3 is 2.65 bits per heavy atom. The monoisotopic (exact) mass is 359 g/mol. The van der Waals surface area contributed by atoms with Gasteiger partial charge < -0.3 is 11.1 Å². The first-order chi connectivity index (χ1) is 12.4. The van der Waals surface area contributed by atoms with Gasteiger partial charge in [-0.15, -0.1) is 0 Å². The summed E-state index contributed by atoms with van der Waals surface area (Å²) in [5, 5.41) is 2.53. The van der Waals surface area contributed by atoms with Gasteiger partial charge in [-0.2, -0.15) is 0 Å². The molecule has 6 heteroatoms. The van der Waals surface area contributed by atoms with Gasteiger partial charge >= 0.3 is 0 Å². The number of hydrogen-bond acceptors (Lipinski definition) is 4. The van der Waals surface area contributed by atoms with E-state index in [-0.39, 0.29) is 23.4 Å². The maximum absolute atomic E-state index is 13.9. The average Bonchev–Trinajstić information content (AvgIpc) is 2.66. The first kappa shape index (κ1) is 19.8. The highest BCUT2D eigenvalue weighted by Crippen LogP contribution is 2.28. The third-order valence-corrected chi connectivity index (χ3v) is 4.83. The lowest BCUT2D eigenvalue weighted by Gasteiger charge is -2.32. The van der Waals surface area contributed by atoms with Gasteiger partial charge in [0, 0.05) is 36.4 Å². The Bertz CT molecular complexity index is 694. The van der Waals surface area contributed by atoms with Crippen LogP contribution in [0.2, 0.25) is 0 Å². The zero-order valence-corrected chi connectivity index (χ0v) is 15.1. The fourth-order valence-corrected chi connectivity index (χ4v) is 3.28. The predicted molar refractivity (Wildman–Crippen MR) is 99.6 cm³/mol. The molecule has 1 aromatic rings. The summed E-state index contributed by atoms with van der Waals surface area (Å²) in [7, 11) is 0. The number of carbonyl (C=O) groups excluding carboxylic acids is 2. The van der Waals surface area contributed by atoms with Crippen molar-refractivity contribution in [3.63, 3.8) is 0 Å². The molecule has 0 aromatic heterocycles. The first-order valence-corrected chi connectivity index (χ1v) is 8.80. The highest BCUT2D eigenvalue weighted by atomic mass is 19.1. The van der Waals surface area contributed by atoms with Gasteiger partial charge in [0.2, 0.25) is 0 Å². The minimum Gasteiger partial charge on any atom is -0.403 e. The van der Waals surface area contributed by atoms with Gasteiger partial charge in [0.15, 0.2) is 0 Å². The first-order valence-electron chi connectivity index (χ1n) is 8.80. The number of ketones is 1. The molecule has 0 radical (unpaired) electrons. The number of benzene rings is 1. The fourth-order valence-electron chi connectivity index (χ4n) is 3.28. The zero-order valence-electron chi connectivity index (χ0n) is 15.1. The summed E-state index contributed by atoms with van der Waals surface area (Å²) in [4.78, 5) is 26.6. The molecule has 0 bridgehead atoms. The lowest BCUT2D eigenvalue weighted by atomic mass is 9.83. The van der Waals surface area contributed by atoms with Crippen LogP contribution in [0, 0.1) is 11.7 Å². The fraction of sp³-hybridized carbons (Fsp3) is 0.400. The Hall–Kier alpha value is -2.47. The molecule has 1 aliphatic heterocycles. The van der Waals surface area contributed by atoms with Crippen molar-refractivity contribution in [2.75, 3.05) is 19.6 Å². The van der Waals surface area contributed by atoms with Crippen molar-refractivity contribution in [1.29, 1.82) is 0 Å². The third-order valence-electron chi connectivity index (χ3n) is 4.83. The van der Waals surface area contributed by atoms with E-state index in [0.717, 1.165) is 0 Å². The van der Waals surface area contributed by atoms with Gasteiger partial charge in [0.25, 0.3) is 5.91 Å². The van der Waals surface area contributed by atoms with Crippen molar-refractivity contribution < 1.29 is 14.0 Å². The summed E-state index contributed by atoms with van der Waals surface area (Å²) in [5.74, 6) is -1.04. The number of nitrogens with zero attached hydrogens (tertiary/aromatic N) is 1. The smallest absolute Gasteiger partial charge is 0.251 e. The van der Waals surface area contributed by atoms with E-state index in [1.165, 1.54) is 18.5 Å². The van der Waals surface area contributed by atoms with Crippen molar-refractivity contribution in [3.8, 4) is 0 Å². The van der Waals surface area contributed by atoms with E-state index in [0.29, 0.717) is 43.6 Å². The molecule has 1 amide bonds. The van der Waals surface area contributed by atoms with Gasteiger partial charge in [0.1, 0.15) is 11.6 Å². The normalized spacial score (nSPS) is 17.2. The summed E-state index contributed by atoms with van der Waals surface area (Å²) in [6, 6.07) is 6.44. The van der Waals surface area contributed by atoms with E-state index in [1.807, 2.05) is 0 Å². The number of piperidine rings is 1. The molecule has 26 heavy (non-hydrogen) atoms. The molecule has 0 aliphatic carbocycles. The third kappa shape index (κ3) is 5.02. The highest BCUT2D eigenvalue weighted by molar-refractivity contribution is 5.93. The summed E-state index contributed by atoms with van der Waals surface area (Å²) in [6.45, 7) is 7.43. The Kier molecular flexibility index (Phi) is 7.09. The number of likely N-dealkylation sites (tertiary alicyclic amines) is 1. The van der Waals surface area contributed by atoms with Crippen LogP contribution >= 0.6 is 0 Å². The lowest BCUT2D eigenvalue weighted by molar-refractivity contribution is -0.125. The van der Waals surface area contributed by atoms with Crippen molar-refractivity contribution in [3.05, 3.63) is 60.2 Å². The maximum Gasteiger partial charge on any atom is 0.251 e. The number of nitrogens with two attached hydrogens (primary N) is 1. The number of nitrogens with one attached hydrogen (secondary N) is 1. The molecule has 1 aromatic carbocycles. The van der Waals surface area contributed by atoms with E-state index < -0.39 is 5.92 Å². The van der Waals surface area contributed by atoms with Crippen LogP contribution in [0.15, 0.2) is 48.8 Å². The average molecular weight is 359 g/mol. The van der Waals surface area contributed by atoms with Crippen LogP contribution in [0.3, 0.4) is 0 Å². The number of Topliss-reactive ketones (excluding diaryl/α,β-unsaturated/α-hetero) is 1. The second-order valence-electron chi connectivity index (χ2n) is 6.63.